The maximum Gasteiger partial charge on any atom is 0.307 e. The summed E-state index contributed by atoms with van der Waals surface area (Å²) in [6.07, 6.45) is 0.586. The molecule has 5 nitrogen and oxygen atoms in total. The van der Waals surface area contributed by atoms with Gasteiger partial charge in [0.2, 0.25) is 0 Å². The van der Waals surface area contributed by atoms with E-state index in [1.54, 1.807) is 31.4 Å². The summed E-state index contributed by atoms with van der Waals surface area (Å²) in [4.78, 5) is 11.6. The summed E-state index contributed by atoms with van der Waals surface area (Å²) in [5, 5.41) is 9.50. The fourth-order valence-corrected chi connectivity index (χ4v) is 6.27. The van der Waals surface area contributed by atoms with Gasteiger partial charge in [-0.15, -0.1) is 0 Å². The molecule has 1 spiro atoms. The van der Waals surface area contributed by atoms with Crippen LogP contribution in [0.15, 0.2) is 42.5 Å². The highest BCUT2D eigenvalue weighted by molar-refractivity contribution is 5.78. The Hall–Kier alpha value is -3.52. The van der Waals surface area contributed by atoms with Crippen molar-refractivity contribution in [2.75, 3.05) is 14.2 Å². The Kier molecular flexibility index (Phi) is 7.11. The van der Waals surface area contributed by atoms with Crippen LogP contribution in [0, 0.1) is 28.8 Å². The van der Waals surface area contributed by atoms with Crippen LogP contribution in [0.5, 0.6) is 11.5 Å². The third-order valence-corrected chi connectivity index (χ3v) is 8.25. The van der Waals surface area contributed by atoms with Gasteiger partial charge in [-0.1, -0.05) is 32.9 Å². The van der Waals surface area contributed by atoms with Crippen molar-refractivity contribution in [3.63, 3.8) is 0 Å². The lowest BCUT2D eigenvalue weighted by molar-refractivity contribution is -0.139. The van der Waals surface area contributed by atoms with Gasteiger partial charge in [-0.25, -0.2) is 13.2 Å². The summed E-state index contributed by atoms with van der Waals surface area (Å²) in [7, 11) is 3.10. The maximum absolute atomic E-state index is 15.7. The second-order valence-corrected chi connectivity index (χ2v) is 11.8. The molecule has 1 saturated carbocycles. The fourth-order valence-electron chi connectivity index (χ4n) is 6.27. The number of halogens is 3. The number of carboxylic acid groups (broad SMARTS) is 1. The topological polar surface area (TPSA) is 65.0 Å². The number of methoxy groups -OCH3 is 2. The molecule has 5 rings (SSSR count). The van der Waals surface area contributed by atoms with Gasteiger partial charge >= 0.3 is 5.97 Å². The van der Waals surface area contributed by atoms with Gasteiger partial charge < -0.3 is 19.3 Å². The molecule has 0 heterocycles. The van der Waals surface area contributed by atoms with Gasteiger partial charge in [-0.2, -0.15) is 0 Å². The number of carbonyl (C=O) groups is 1. The first-order chi connectivity index (χ1) is 18.9. The van der Waals surface area contributed by atoms with Crippen molar-refractivity contribution in [1.82, 2.24) is 0 Å². The third kappa shape index (κ3) is 4.72. The first kappa shape index (κ1) is 28.0. The van der Waals surface area contributed by atoms with Crippen LogP contribution in [0.3, 0.4) is 0 Å². The summed E-state index contributed by atoms with van der Waals surface area (Å²) in [5.41, 5.74) is 1.50. The lowest BCUT2D eigenvalue weighted by Gasteiger charge is -2.32. The Labute approximate surface area is 231 Å². The molecule has 212 valence electrons. The van der Waals surface area contributed by atoms with Crippen LogP contribution in [0.1, 0.15) is 62.0 Å². The predicted octanol–water partition coefficient (Wildman–Crippen LogP) is 7.38. The van der Waals surface area contributed by atoms with Crippen LogP contribution in [0.2, 0.25) is 0 Å². The molecule has 0 amide bonds. The number of rotatable bonds is 8. The van der Waals surface area contributed by atoms with E-state index in [2.05, 4.69) is 0 Å². The van der Waals surface area contributed by atoms with Crippen LogP contribution in [-0.4, -0.2) is 25.3 Å². The molecule has 0 radical (unpaired) electrons. The highest BCUT2D eigenvalue weighted by Gasteiger charge is 2.63. The van der Waals surface area contributed by atoms with Crippen molar-refractivity contribution in [2.45, 2.75) is 58.2 Å². The van der Waals surface area contributed by atoms with Gasteiger partial charge in [0, 0.05) is 29.7 Å². The number of ether oxygens (including phenoxy) is 3. The Morgan fingerprint density at radius 2 is 1.80 bits per heavy atom. The predicted molar refractivity (Wildman–Crippen MR) is 144 cm³/mol. The number of hydrogen-bond acceptors (Lipinski definition) is 4. The highest BCUT2D eigenvalue weighted by atomic mass is 19.1. The van der Waals surface area contributed by atoms with Crippen LogP contribution in [0.25, 0.3) is 11.1 Å². The van der Waals surface area contributed by atoms with Crippen molar-refractivity contribution < 1.29 is 37.3 Å². The molecule has 2 aliphatic carbocycles. The summed E-state index contributed by atoms with van der Waals surface area (Å²) >= 11 is 0. The minimum atomic E-state index is -0.995. The fraction of sp³-hybridized carbons (Fsp3) is 0.406. The minimum Gasteiger partial charge on any atom is -0.497 e. The molecule has 3 aromatic carbocycles. The molecule has 0 bridgehead atoms. The largest absolute Gasteiger partial charge is 0.497 e. The standard InChI is InChI=1S/C32H33F3O5/c1-31(2,3)29(39-5)22-12-17(6-8-19(22)21-13-18(38-4)7-9-24(21)33)16-40-26-14-25(34)20-10-11-32(27(20)28(26)35)15-23(32)30(36)37/h6-9,12-14,23,29H,10-11,15-16H2,1-5H3,(H,36,37)/t23-,29+,32-/m1/s1. The van der Waals surface area contributed by atoms with Crippen molar-refractivity contribution in [3.05, 3.63) is 82.2 Å². The second-order valence-electron chi connectivity index (χ2n) is 11.8. The Balaban J connectivity index is 1.51. The molecular weight excluding hydrogens is 521 g/mol. The zero-order valence-electron chi connectivity index (χ0n) is 23.2. The molecule has 0 aromatic heterocycles. The molecular formula is C32H33F3O5. The molecule has 0 aliphatic heterocycles. The number of aliphatic carboxylic acids is 1. The average Bonchev–Trinajstić information content (AvgIpc) is 3.50. The molecule has 0 saturated heterocycles. The number of hydrogen-bond donors (Lipinski definition) is 1. The molecule has 3 atom stereocenters. The highest BCUT2D eigenvalue weighted by Crippen LogP contribution is 2.63. The molecule has 40 heavy (non-hydrogen) atoms. The van der Waals surface area contributed by atoms with Gasteiger partial charge in [0.25, 0.3) is 0 Å². The van der Waals surface area contributed by atoms with Crippen LogP contribution in [0.4, 0.5) is 13.2 Å². The van der Waals surface area contributed by atoms with E-state index in [9.17, 15) is 14.3 Å². The first-order valence-corrected chi connectivity index (χ1v) is 13.3. The van der Waals surface area contributed by atoms with Gasteiger partial charge in [-0.3, -0.25) is 4.79 Å². The van der Waals surface area contributed by atoms with E-state index >= 15 is 8.78 Å². The van der Waals surface area contributed by atoms with Crippen molar-refractivity contribution in [2.24, 2.45) is 11.3 Å². The molecule has 3 aromatic rings. The summed E-state index contributed by atoms with van der Waals surface area (Å²) in [6.45, 7) is 5.95. The zero-order valence-corrected chi connectivity index (χ0v) is 23.2. The van der Waals surface area contributed by atoms with Crippen LogP contribution < -0.4 is 9.47 Å². The molecule has 0 unspecified atom stereocenters. The van der Waals surface area contributed by atoms with Gasteiger partial charge in [0.05, 0.1) is 19.1 Å². The zero-order chi connectivity index (χ0) is 29.0. The Morgan fingerprint density at radius 1 is 1.05 bits per heavy atom. The van der Waals surface area contributed by atoms with E-state index in [0.717, 1.165) is 6.07 Å². The SMILES string of the molecule is COc1ccc(F)c(-c2ccc(COc3cc(F)c4c(c3F)[C@]3(CC4)C[C@@H]3C(=O)O)cc2[C@H](OC)C(C)(C)C)c1. The molecule has 8 heteroatoms. The smallest absolute Gasteiger partial charge is 0.307 e. The van der Waals surface area contributed by atoms with E-state index in [1.807, 2.05) is 26.8 Å². The van der Waals surface area contributed by atoms with E-state index < -0.39 is 40.9 Å². The minimum absolute atomic E-state index is 0.0844. The van der Waals surface area contributed by atoms with E-state index in [4.69, 9.17) is 14.2 Å². The van der Waals surface area contributed by atoms with E-state index in [0.29, 0.717) is 47.3 Å². The third-order valence-electron chi connectivity index (χ3n) is 8.25. The number of fused-ring (bicyclic) bond motifs is 2. The van der Waals surface area contributed by atoms with Crippen molar-refractivity contribution >= 4 is 5.97 Å². The monoisotopic (exact) mass is 554 g/mol. The van der Waals surface area contributed by atoms with E-state index in [-0.39, 0.29) is 28.9 Å². The lowest BCUT2D eigenvalue weighted by Crippen LogP contribution is -2.21. The molecule has 2 aliphatic rings. The Morgan fingerprint density at radius 3 is 2.42 bits per heavy atom. The number of carboxylic acids is 1. The van der Waals surface area contributed by atoms with Crippen LogP contribution in [-0.2, 0) is 28.0 Å². The first-order valence-electron chi connectivity index (χ1n) is 13.3. The summed E-state index contributed by atoms with van der Waals surface area (Å²) < 4.78 is 62.7. The summed E-state index contributed by atoms with van der Waals surface area (Å²) in [6, 6.07) is 10.9. The molecule has 1 N–H and O–H groups in total. The lowest BCUT2D eigenvalue weighted by atomic mass is 9.81. The normalized spacial score (nSPS) is 20.4. The van der Waals surface area contributed by atoms with Gasteiger partial charge in [-0.05, 0) is 71.2 Å². The Bertz CT molecular complexity index is 1480. The maximum atomic E-state index is 15.7. The number of benzene rings is 3. The summed E-state index contributed by atoms with van der Waals surface area (Å²) in [5.74, 6) is -3.16. The average molecular weight is 555 g/mol. The molecule has 1 fully saturated rings. The van der Waals surface area contributed by atoms with Gasteiger partial charge in [0.15, 0.2) is 11.6 Å². The van der Waals surface area contributed by atoms with Gasteiger partial charge in [0.1, 0.15) is 24.0 Å². The second kappa shape index (κ2) is 10.1. The van der Waals surface area contributed by atoms with E-state index in [1.165, 1.54) is 13.2 Å². The quantitative estimate of drug-likeness (QED) is 0.315. The van der Waals surface area contributed by atoms with Crippen molar-refractivity contribution in [1.29, 1.82) is 0 Å². The van der Waals surface area contributed by atoms with Crippen LogP contribution >= 0.6 is 0 Å². The van der Waals surface area contributed by atoms with Crippen molar-refractivity contribution in [3.8, 4) is 22.6 Å².